The molecule has 7 heteroatoms. The number of aromatic nitrogens is 1. The second-order valence-electron chi connectivity index (χ2n) is 8.08. The topological polar surface area (TPSA) is 74.8 Å². The lowest BCUT2D eigenvalue weighted by Crippen LogP contribution is -2.51. The van der Waals surface area contributed by atoms with Gasteiger partial charge < -0.3 is 19.9 Å². The van der Waals surface area contributed by atoms with Crippen LogP contribution in [-0.4, -0.2) is 60.1 Å². The number of likely N-dealkylation sites (N-methyl/N-ethyl adjacent to an activating group) is 1. The molecular weight excluding hydrogens is 380 g/mol. The third-order valence-corrected chi connectivity index (χ3v) is 5.97. The summed E-state index contributed by atoms with van der Waals surface area (Å²) in [5.74, 6) is 0.208. The fraction of sp³-hybridized carbons (Fsp3) is 0.435. The molecule has 1 aromatic carbocycles. The van der Waals surface area contributed by atoms with E-state index in [1.807, 2.05) is 24.3 Å². The Morgan fingerprint density at radius 3 is 2.63 bits per heavy atom. The van der Waals surface area contributed by atoms with E-state index in [0.717, 1.165) is 49.7 Å². The van der Waals surface area contributed by atoms with Gasteiger partial charge in [-0.1, -0.05) is 31.2 Å². The minimum absolute atomic E-state index is 0.301. The van der Waals surface area contributed by atoms with Crippen LogP contribution in [-0.2, 0) is 22.5 Å². The lowest BCUT2D eigenvalue weighted by molar-refractivity contribution is -0.139. The third kappa shape index (κ3) is 4.16. The number of nitrogens with zero attached hydrogens (tertiary/aromatic N) is 3. The van der Waals surface area contributed by atoms with Crippen molar-refractivity contribution in [1.82, 2.24) is 15.2 Å². The zero-order valence-corrected chi connectivity index (χ0v) is 17.6. The zero-order valence-electron chi connectivity index (χ0n) is 17.6. The number of carbonyl (C=O) groups excluding carboxylic acids is 2. The number of carbonyl (C=O) groups is 2. The molecule has 2 aliphatic heterocycles. The second-order valence-corrected chi connectivity index (χ2v) is 8.08. The Balaban J connectivity index is 1.35. The normalized spacial score (nSPS) is 21.7. The van der Waals surface area contributed by atoms with E-state index in [1.54, 1.807) is 25.3 Å². The van der Waals surface area contributed by atoms with Crippen LogP contribution in [0.2, 0.25) is 0 Å². The summed E-state index contributed by atoms with van der Waals surface area (Å²) in [6.07, 6.45) is 2.16. The van der Waals surface area contributed by atoms with E-state index in [4.69, 9.17) is 4.74 Å². The zero-order chi connectivity index (χ0) is 21.1. The number of amides is 1. The van der Waals surface area contributed by atoms with Gasteiger partial charge in [-0.3, -0.25) is 4.79 Å². The first-order valence-electron chi connectivity index (χ1n) is 10.5. The molecule has 0 radical (unpaired) electrons. The van der Waals surface area contributed by atoms with Gasteiger partial charge in [0.2, 0.25) is 0 Å². The van der Waals surface area contributed by atoms with Crippen LogP contribution < -0.4 is 10.2 Å². The maximum atomic E-state index is 12.8. The second kappa shape index (κ2) is 8.44. The standard InChI is InChI=1S/C23H28N4O3/c1-3-26-10-12-27(13-11-26)20-9-8-17(15-24-20)16-25-22(29)23(2)14-18-6-4-5-7-19(18)21(28)30-23/h4-9,15H,3,10-14,16H2,1-2H3,(H,25,29). The maximum absolute atomic E-state index is 12.8. The summed E-state index contributed by atoms with van der Waals surface area (Å²) in [6.45, 7) is 9.32. The van der Waals surface area contributed by atoms with E-state index < -0.39 is 11.6 Å². The van der Waals surface area contributed by atoms with Gasteiger partial charge in [0.15, 0.2) is 5.60 Å². The maximum Gasteiger partial charge on any atom is 0.339 e. The molecule has 1 unspecified atom stereocenters. The van der Waals surface area contributed by atoms with Gasteiger partial charge >= 0.3 is 5.97 Å². The Morgan fingerprint density at radius 2 is 1.93 bits per heavy atom. The van der Waals surface area contributed by atoms with Crippen molar-refractivity contribution in [2.75, 3.05) is 37.6 Å². The van der Waals surface area contributed by atoms with Crippen molar-refractivity contribution in [2.45, 2.75) is 32.4 Å². The molecule has 4 rings (SSSR count). The number of anilines is 1. The van der Waals surface area contributed by atoms with Crippen LogP contribution >= 0.6 is 0 Å². The van der Waals surface area contributed by atoms with Gasteiger partial charge in [0.25, 0.3) is 5.91 Å². The van der Waals surface area contributed by atoms with Crippen molar-refractivity contribution in [3.63, 3.8) is 0 Å². The Hall–Kier alpha value is -2.93. The number of hydrogen-bond donors (Lipinski definition) is 1. The van der Waals surface area contributed by atoms with E-state index in [2.05, 4.69) is 27.0 Å². The molecule has 1 atom stereocenters. The van der Waals surface area contributed by atoms with Gasteiger partial charge in [-0.05, 0) is 36.7 Å². The summed E-state index contributed by atoms with van der Waals surface area (Å²) in [4.78, 5) is 34.4. The predicted octanol–water partition coefficient (Wildman–Crippen LogP) is 2.01. The molecule has 7 nitrogen and oxygen atoms in total. The highest BCUT2D eigenvalue weighted by atomic mass is 16.6. The first-order valence-corrected chi connectivity index (χ1v) is 10.5. The number of ether oxygens (including phenoxy) is 1. The molecule has 1 aromatic heterocycles. The smallest absolute Gasteiger partial charge is 0.339 e. The number of rotatable bonds is 5. The van der Waals surface area contributed by atoms with E-state index in [1.165, 1.54) is 0 Å². The molecule has 1 saturated heterocycles. The Morgan fingerprint density at radius 1 is 1.17 bits per heavy atom. The highest BCUT2D eigenvalue weighted by molar-refractivity contribution is 5.97. The van der Waals surface area contributed by atoms with Crippen LogP contribution in [0.15, 0.2) is 42.6 Å². The minimum atomic E-state index is -1.21. The predicted molar refractivity (Wildman–Crippen MR) is 114 cm³/mol. The molecule has 0 aliphatic carbocycles. The van der Waals surface area contributed by atoms with Crippen LogP contribution in [0.25, 0.3) is 0 Å². The summed E-state index contributed by atoms with van der Waals surface area (Å²) in [6, 6.07) is 11.2. The summed E-state index contributed by atoms with van der Waals surface area (Å²) < 4.78 is 5.49. The number of piperazine rings is 1. The lowest BCUT2D eigenvalue weighted by Gasteiger charge is -2.34. The molecule has 1 fully saturated rings. The lowest BCUT2D eigenvalue weighted by atomic mass is 9.89. The average molecular weight is 409 g/mol. The number of pyridine rings is 1. The molecule has 2 aromatic rings. The molecule has 0 bridgehead atoms. The van der Waals surface area contributed by atoms with Crippen LogP contribution in [0, 0.1) is 0 Å². The highest BCUT2D eigenvalue weighted by Gasteiger charge is 2.42. The molecule has 158 valence electrons. The summed E-state index contributed by atoms with van der Waals surface area (Å²) in [5, 5.41) is 2.90. The van der Waals surface area contributed by atoms with E-state index in [0.29, 0.717) is 18.5 Å². The Kier molecular flexibility index (Phi) is 5.72. The summed E-state index contributed by atoms with van der Waals surface area (Å²) >= 11 is 0. The van der Waals surface area contributed by atoms with Crippen molar-refractivity contribution >= 4 is 17.7 Å². The van der Waals surface area contributed by atoms with Gasteiger partial charge in [0, 0.05) is 45.3 Å². The fourth-order valence-corrected chi connectivity index (χ4v) is 4.03. The van der Waals surface area contributed by atoms with Gasteiger partial charge in [0.05, 0.1) is 5.56 Å². The quantitative estimate of drug-likeness (QED) is 0.763. The highest BCUT2D eigenvalue weighted by Crippen LogP contribution is 2.28. The van der Waals surface area contributed by atoms with Crippen LogP contribution in [0.1, 0.15) is 35.3 Å². The summed E-state index contributed by atoms with van der Waals surface area (Å²) in [5.41, 5.74) is 1.06. The third-order valence-electron chi connectivity index (χ3n) is 5.97. The van der Waals surface area contributed by atoms with Gasteiger partial charge in [0.1, 0.15) is 5.82 Å². The van der Waals surface area contributed by atoms with Crippen molar-refractivity contribution in [2.24, 2.45) is 0 Å². The number of benzene rings is 1. The van der Waals surface area contributed by atoms with Crippen LogP contribution in [0.4, 0.5) is 5.82 Å². The first-order chi connectivity index (χ1) is 14.5. The molecule has 1 N–H and O–H groups in total. The van der Waals surface area contributed by atoms with Gasteiger partial charge in [-0.15, -0.1) is 0 Å². The monoisotopic (exact) mass is 408 g/mol. The largest absolute Gasteiger partial charge is 0.445 e. The SMILES string of the molecule is CCN1CCN(c2ccc(CNC(=O)C3(C)Cc4ccccc4C(=O)O3)cn2)CC1. The first kappa shape index (κ1) is 20.3. The molecule has 30 heavy (non-hydrogen) atoms. The van der Waals surface area contributed by atoms with E-state index >= 15 is 0 Å². The van der Waals surface area contributed by atoms with Crippen molar-refractivity contribution in [3.05, 3.63) is 59.3 Å². The van der Waals surface area contributed by atoms with Crippen molar-refractivity contribution in [1.29, 1.82) is 0 Å². The molecule has 3 heterocycles. The average Bonchev–Trinajstić information content (AvgIpc) is 2.78. The molecule has 1 amide bonds. The Labute approximate surface area is 177 Å². The van der Waals surface area contributed by atoms with E-state index in [9.17, 15) is 9.59 Å². The molecule has 0 saturated carbocycles. The van der Waals surface area contributed by atoms with Crippen LogP contribution in [0.5, 0.6) is 0 Å². The number of nitrogens with one attached hydrogen (secondary N) is 1. The summed E-state index contributed by atoms with van der Waals surface area (Å²) in [7, 11) is 0. The number of esters is 1. The van der Waals surface area contributed by atoms with Gasteiger partial charge in [-0.25, -0.2) is 9.78 Å². The van der Waals surface area contributed by atoms with E-state index in [-0.39, 0.29) is 5.91 Å². The number of hydrogen-bond acceptors (Lipinski definition) is 6. The van der Waals surface area contributed by atoms with Crippen LogP contribution in [0.3, 0.4) is 0 Å². The van der Waals surface area contributed by atoms with Crippen molar-refractivity contribution in [3.8, 4) is 0 Å². The molecular formula is C23H28N4O3. The molecule has 0 spiro atoms. The number of fused-ring (bicyclic) bond motifs is 1. The molecule has 2 aliphatic rings. The van der Waals surface area contributed by atoms with Crippen molar-refractivity contribution < 1.29 is 14.3 Å². The van der Waals surface area contributed by atoms with Gasteiger partial charge in [-0.2, -0.15) is 0 Å². The number of cyclic esters (lactones) is 1. The minimum Gasteiger partial charge on any atom is -0.445 e. The fourth-order valence-electron chi connectivity index (χ4n) is 4.03. The Bertz CT molecular complexity index is 922.